The van der Waals surface area contributed by atoms with Gasteiger partial charge in [0.1, 0.15) is 15.0 Å². The fourth-order valence-electron chi connectivity index (χ4n) is 1.10. The lowest BCUT2D eigenvalue weighted by atomic mass is 10.2. The molecule has 15 heavy (non-hydrogen) atoms. The predicted molar refractivity (Wildman–Crippen MR) is 62.8 cm³/mol. The van der Waals surface area contributed by atoms with E-state index in [-0.39, 0.29) is 5.78 Å². The summed E-state index contributed by atoms with van der Waals surface area (Å²) in [5.41, 5.74) is 6.35. The molecule has 0 aromatic carbocycles. The molecule has 0 amide bonds. The third-order valence-corrected chi connectivity index (χ3v) is 3.86. The van der Waals surface area contributed by atoms with Gasteiger partial charge in [-0.05, 0) is 11.4 Å². The smallest absolute Gasteiger partial charge is 0.214 e. The zero-order valence-electron chi connectivity index (χ0n) is 7.57. The summed E-state index contributed by atoms with van der Waals surface area (Å²) in [6, 6.07) is 1.71. The molecule has 6 heteroatoms. The number of rotatable bonds is 3. The molecular weight excluding hydrogens is 252 g/mol. The minimum Gasteiger partial charge on any atom is -0.325 e. The molecule has 2 rings (SSSR count). The van der Waals surface area contributed by atoms with Crippen LogP contribution in [0.2, 0.25) is 4.34 Å². The second-order valence-electron chi connectivity index (χ2n) is 2.77. The van der Waals surface area contributed by atoms with Gasteiger partial charge in [0.25, 0.3) is 0 Å². The van der Waals surface area contributed by atoms with Crippen LogP contribution in [0, 0.1) is 0 Å². The number of nitrogens with two attached hydrogens (primary N) is 1. The summed E-state index contributed by atoms with van der Waals surface area (Å²) in [6.07, 6.45) is 0. The maximum atomic E-state index is 11.9. The van der Waals surface area contributed by atoms with Crippen LogP contribution >= 0.6 is 34.3 Å². The largest absolute Gasteiger partial charge is 0.325 e. The summed E-state index contributed by atoms with van der Waals surface area (Å²) in [6.45, 7) is 0.356. The SMILES string of the molecule is NCc1nc(C(=O)c2ccsc2Cl)cs1. The van der Waals surface area contributed by atoms with Crippen molar-refractivity contribution in [1.29, 1.82) is 0 Å². The summed E-state index contributed by atoms with van der Waals surface area (Å²) in [5.74, 6) is -0.141. The number of carbonyl (C=O) groups excluding carboxylic acids is 1. The number of hydrogen-bond acceptors (Lipinski definition) is 5. The van der Waals surface area contributed by atoms with Gasteiger partial charge in [-0.1, -0.05) is 11.6 Å². The first-order chi connectivity index (χ1) is 7.22. The van der Waals surface area contributed by atoms with Gasteiger partial charge in [-0.3, -0.25) is 4.79 Å². The Morgan fingerprint density at radius 3 is 2.87 bits per heavy atom. The van der Waals surface area contributed by atoms with E-state index in [0.29, 0.717) is 22.1 Å². The zero-order chi connectivity index (χ0) is 10.8. The van der Waals surface area contributed by atoms with Gasteiger partial charge in [0.05, 0.1) is 5.56 Å². The lowest BCUT2D eigenvalue weighted by molar-refractivity contribution is 0.103. The highest BCUT2D eigenvalue weighted by atomic mass is 35.5. The highest BCUT2D eigenvalue weighted by Crippen LogP contribution is 2.25. The van der Waals surface area contributed by atoms with E-state index >= 15 is 0 Å². The number of carbonyl (C=O) groups is 1. The van der Waals surface area contributed by atoms with E-state index in [1.165, 1.54) is 22.7 Å². The minimum absolute atomic E-state index is 0.141. The lowest BCUT2D eigenvalue weighted by Gasteiger charge is -1.93. The zero-order valence-corrected chi connectivity index (χ0v) is 9.96. The molecule has 0 fully saturated rings. The summed E-state index contributed by atoms with van der Waals surface area (Å²) in [5, 5.41) is 4.24. The standard InChI is InChI=1S/C9H7ClN2OS2/c10-9-5(1-2-14-9)8(13)6-4-15-7(3-11)12-6/h1-2,4H,3,11H2. The van der Waals surface area contributed by atoms with Crippen molar-refractivity contribution in [2.45, 2.75) is 6.54 Å². The first-order valence-electron chi connectivity index (χ1n) is 4.14. The van der Waals surface area contributed by atoms with Crippen molar-refractivity contribution < 1.29 is 4.79 Å². The number of halogens is 1. The van der Waals surface area contributed by atoms with Crippen molar-refractivity contribution in [1.82, 2.24) is 4.98 Å². The number of ketones is 1. The molecule has 0 radical (unpaired) electrons. The van der Waals surface area contributed by atoms with E-state index in [4.69, 9.17) is 17.3 Å². The average Bonchev–Trinajstić information content (AvgIpc) is 2.84. The molecule has 2 aromatic heterocycles. The van der Waals surface area contributed by atoms with Gasteiger partial charge in [0.2, 0.25) is 5.78 Å². The summed E-state index contributed by atoms with van der Waals surface area (Å²) < 4.78 is 0.502. The molecule has 0 unspecified atom stereocenters. The van der Waals surface area contributed by atoms with E-state index in [1.54, 1.807) is 16.8 Å². The Morgan fingerprint density at radius 2 is 2.33 bits per heavy atom. The lowest BCUT2D eigenvalue weighted by Crippen LogP contribution is -2.02. The van der Waals surface area contributed by atoms with Crippen LogP contribution in [0.5, 0.6) is 0 Å². The van der Waals surface area contributed by atoms with E-state index in [9.17, 15) is 4.79 Å². The van der Waals surface area contributed by atoms with E-state index in [2.05, 4.69) is 4.98 Å². The predicted octanol–water partition coefficient (Wildman–Crippen LogP) is 2.55. The van der Waals surface area contributed by atoms with Crippen LogP contribution in [0.3, 0.4) is 0 Å². The molecule has 2 aromatic rings. The van der Waals surface area contributed by atoms with Gasteiger partial charge in [-0.15, -0.1) is 22.7 Å². The third-order valence-electron chi connectivity index (χ3n) is 1.82. The molecular formula is C9H7ClN2OS2. The van der Waals surface area contributed by atoms with Crippen molar-refractivity contribution in [2.75, 3.05) is 0 Å². The number of nitrogens with zero attached hydrogens (tertiary/aromatic N) is 1. The van der Waals surface area contributed by atoms with Gasteiger partial charge in [0.15, 0.2) is 0 Å². The van der Waals surface area contributed by atoms with Crippen molar-refractivity contribution in [2.24, 2.45) is 5.73 Å². The van der Waals surface area contributed by atoms with E-state index < -0.39 is 0 Å². The van der Waals surface area contributed by atoms with Gasteiger partial charge >= 0.3 is 0 Å². The fourth-order valence-corrected chi connectivity index (χ4v) is 2.67. The Kier molecular flexibility index (Phi) is 3.16. The maximum Gasteiger partial charge on any atom is 0.214 e. The van der Waals surface area contributed by atoms with Crippen molar-refractivity contribution in [3.05, 3.63) is 37.4 Å². The van der Waals surface area contributed by atoms with Crippen LogP contribution in [0.1, 0.15) is 21.1 Å². The normalized spacial score (nSPS) is 10.5. The Balaban J connectivity index is 2.32. The Hall–Kier alpha value is -0.750. The van der Waals surface area contributed by atoms with Crippen LogP contribution in [0.15, 0.2) is 16.8 Å². The molecule has 2 N–H and O–H groups in total. The fraction of sp³-hybridized carbons (Fsp3) is 0.111. The molecule has 0 aliphatic heterocycles. The molecule has 0 aliphatic carbocycles. The second kappa shape index (κ2) is 4.40. The van der Waals surface area contributed by atoms with Crippen LogP contribution in [0.4, 0.5) is 0 Å². The molecule has 0 spiro atoms. The minimum atomic E-state index is -0.141. The van der Waals surface area contributed by atoms with Crippen molar-refractivity contribution in [3.63, 3.8) is 0 Å². The van der Waals surface area contributed by atoms with Crippen molar-refractivity contribution >= 4 is 40.1 Å². The number of thiazole rings is 1. The van der Waals surface area contributed by atoms with E-state index in [0.717, 1.165) is 5.01 Å². The second-order valence-corrected chi connectivity index (χ2v) is 5.23. The van der Waals surface area contributed by atoms with Gasteiger partial charge in [-0.2, -0.15) is 0 Å². The Bertz CT molecular complexity index is 492. The van der Waals surface area contributed by atoms with Gasteiger partial charge in [-0.25, -0.2) is 4.98 Å². The first-order valence-corrected chi connectivity index (χ1v) is 6.28. The van der Waals surface area contributed by atoms with Crippen molar-refractivity contribution in [3.8, 4) is 0 Å². The van der Waals surface area contributed by atoms with Crippen LogP contribution in [0.25, 0.3) is 0 Å². The summed E-state index contributed by atoms with van der Waals surface area (Å²) >= 11 is 8.59. The topological polar surface area (TPSA) is 56.0 Å². The number of aromatic nitrogens is 1. The Morgan fingerprint density at radius 1 is 1.53 bits per heavy atom. The molecule has 2 heterocycles. The highest BCUT2D eigenvalue weighted by Gasteiger charge is 2.16. The monoisotopic (exact) mass is 258 g/mol. The molecule has 78 valence electrons. The van der Waals surface area contributed by atoms with Crippen LogP contribution < -0.4 is 5.73 Å². The molecule has 0 bridgehead atoms. The maximum absolute atomic E-state index is 11.9. The first kappa shape index (κ1) is 10.8. The van der Waals surface area contributed by atoms with Crippen LogP contribution in [-0.4, -0.2) is 10.8 Å². The summed E-state index contributed by atoms with van der Waals surface area (Å²) in [7, 11) is 0. The number of thiophene rings is 1. The van der Waals surface area contributed by atoms with E-state index in [1.807, 2.05) is 0 Å². The molecule has 0 aliphatic rings. The Labute approximate surface area is 99.5 Å². The molecule has 0 saturated carbocycles. The quantitative estimate of drug-likeness (QED) is 0.861. The van der Waals surface area contributed by atoms with Gasteiger partial charge < -0.3 is 5.73 Å². The highest BCUT2D eigenvalue weighted by molar-refractivity contribution is 7.14. The molecule has 0 saturated heterocycles. The average molecular weight is 259 g/mol. The summed E-state index contributed by atoms with van der Waals surface area (Å²) in [4.78, 5) is 16.0. The molecule has 0 atom stereocenters. The van der Waals surface area contributed by atoms with Crippen LogP contribution in [-0.2, 0) is 6.54 Å². The number of hydrogen-bond donors (Lipinski definition) is 1. The van der Waals surface area contributed by atoms with Gasteiger partial charge in [0, 0.05) is 11.9 Å². The third kappa shape index (κ3) is 2.10. The molecule has 3 nitrogen and oxygen atoms in total.